The molecule has 0 saturated carbocycles. The van der Waals surface area contributed by atoms with E-state index in [2.05, 4.69) is 22.1 Å². The number of fused-ring (bicyclic) bond motifs is 2. The fourth-order valence-corrected chi connectivity index (χ4v) is 5.31. The first kappa shape index (κ1) is 21.5. The van der Waals surface area contributed by atoms with Crippen LogP contribution < -0.4 is 10.5 Å². The van der Waals surface area contributed by atoms with Crippen molar-refractivity contribution < 1.29 is 24.4 Å². The van der Waals surface area contributed by atoms with Crippen LogP contribution in [0.2, 0.25) is 0 Å². The molecule has 1 fully saturated rings. The number of aliphatic imine (C=N–C) groups is 3. The minimum atomic E-state index is -1.06. The lowest BCUT2D eigenvalue weighted by atomic mass is 9.73. The van der Waals surface area contributed by atoms with Gasteiger partial charge in [-0.05, 0) is 42.5 Å². The number of hydrogen-bond donors (Lipinski definition) is 3. The lowest BCUT2D eigenvalue weighted by Gasteiger charge is -2.40. The minimum Gasteiger partial charge on any atom is -0.497 e. The van der Waals surface area contributed by atoms with Gasteiger partial charge in [0.1, 0.15) is 42.8 Å². The van der Waals surface area contributed by atoms with Crippen molar-refractivity contribution >= 4 is 17.9 Å². The Morgan fingerprint density at radius 3 is 2.94 bits per heavy atom. The molecular formula is C22H29N5O5. The van der Waals surface area contributed by atoms with Gasteiger partial charge < -0.3 is 35.1 Å². The highest BCUT2D eigenvalue weighted by molar-refractivity contribution is 6.47. The minimum absolute atomic E-state index is 0.0592. The average Bonchev–Trinajstić information content (AvgIpc) is 3.39. The van der Waals surface area contributed by atoms with Gasteiger partial charge in [-0.25, -0.2) is 9.98 Å². The van der Waals surface area contributed by atoms with E-state index < -0.39 is 30.2 Å². The molecule has 3 heterocycles. The number of benzene rings is 1. The molecule has 0 amide bonds. The van der Waals surface area contributed by atoms with Crippen molar-refractivity contribution in [3.8, 4) is 5.75 Å². The smallest absolute Gasteiger partial charge is 0.162 e. The molecular weight excluding hydrogens is 414 g/mol. The molecule has 4 aliphatic rings. The fourth-order valence-electron chi connectivity index (χ4n) is 5.31. The molecule has 10 heteroatoms. The Hall–Kier alpha value is -2.37. The molecule has 1 aliphatic carbocycles. The topological polar surface area (TPSA) is 134 Å². The number of rotatable bonds is 5. The molecule has 2 unspecified atom stereocenters. The number of methoxy groups -OCH3 is 2. The Balaban J connectivity index is 1.46. The molecule has 0 bridgehead atoms. The van der Waals surface area contributed by atoms with E-state index in [1.54, 1.807) is 7.11 Å². The van der Waals surface area contributed by atoms with Crippen molar-refractivity contribution in [2.24, 2.45) is 20.7 Å². The third-order valence-corrected chi connectivity index (χ3v) is 6.96. The van der Waals surface area contributed by atoms with Gasteiger partial charge in [-0.1, -0.05) is 6.07 Å². The molecule has 1 aromatic rings. The molecule has 172 valence electrons. The second-order valence-electron chi connectivity index (χ2n) is 8.59. The first-order chi connectivity index (χ1) is 15.5. The van der Waals surface area contributed by atoms with Crippen molar-refractivity contribution in [1.82, 2.24) is 4.90 Å². The first-order valence-corrected chi connectivity index (χ1v) is 10.9. The molecule has 1 saturated heterocycles. The highest BCUT2D eigenvalue weighted by atomic mass is 16.6. The van der Waals surface area contributed by atoms with Crippen molar-refractivity contribution in [2.45, 2.75) is 55.4 Å². The molecule has 0 radical (unpaired) electrons. The molecule has 10 nitrogen and oxygen atoms in total. The summed E-state index contributed by atoms with van der Waals surface area (Å²) < 4.78 is 16.8. The van der Waals surface area contributed by atoms with Crippen LogP contribution in [0.4, 0.5) is 0 Å². The number of hydrogen-bond acceptors (Lipinski definition) is 10. The number of aryl methyl sites for hydroxylation is 1. The zero-order chi connectivity index (χ0) is 22.5. The Morgan fingerprint density at radius 2 is 2.19 bits per heavy atom. The summed E-state index contributed by atoms with van der Waals surface area (Å²) in [5.41, 5.74) is 8.90. The van der Waals surface area contributed by atoms with E-state index in [1.807, 2.05) is 11.0 Å². The maximum Gasteiger partial charge on any atom is 0.162 e. The summed E-state index contributed by atoms with van der Waals surface area (Å²) in [4.78, 5) is 15.7. The van der Waals surface area contributed by atoms with Gasteiger partial charge in [0.2, 0.25) is 0 Å². The van der Waals surface area contributed by atoms with Crippen molar-refractivity contribution in [3.05, 3.63) is 29.3 Å². The van der Waals surface area contributed by atoms with Crippen LogP contribution in [-0.2, 0) is 15.9 Å². The third-order valence-electron chi connectivity index (χ3n) is 6.96. The number of aliphatic hydroxyl groups is 2. The molecule has 0 spiro atoms. The van der Waals surface area contributed by atoms with Gasteiger partial charge in [0.05, 0.1) is 13.7 Å². The Labute approximate surface area is 186 Å². The predicted molar refractivity (Wildman–Crippen MR) is 118 cm³/mol. The van der Waals surface area contributed by atoms with E-state index in [0.29, 0.717) is 11.5 Å². The maximum atomic E-state index is 10.5. The van der Waals surface area contributed by atoms with Gasteiger partial charge >= 0.3 is 0 Å². The van der Waals surface area contributed by atoms with Gasteiger partial charge in [0, 0.05) is 13.0 Å². The van der Waals surface area contributed by atoms with Gasteiger partial charge in [0.15, 0.2) is 17.7 Å². The summed E-state index contributed by atoms with van der Waals surface area (Å²) in [6, 6.07) is 6.10. The third kappa shape index (κ3) is 3.17. The highest BCUT2D eigenvalue weighted by Gasteiger charge is 2.53. The van der Waals surface area contributed by atoms with Gasteiger partial charge in [0.25, 0.3) is 0 Å². The fraction of sp³-hybridized carbons (Fsp3) is 0.591. The summed E-state index contributed by atoms with van der Waals surface area (Å²) in [6.45, 7) is -0.0514. The number of ether oxygens (including phenoxy) is 3. The van der Waals surface area contributed by atoms with E-state index >= 15 is 0 Å². The van der Waals surface area contributed by atoms with Crippen LogP contribution in [-0.4, -0.2) is 90.7 Å². The number of aliphatic hydroxyl groups excluding tert-OH is 2. The van der Waals surface area contributed by atoms with E-state index in [1.165, 1.54) is 19.0 Å². The van der Waals surface area contributed by atoms with Crippen LogP contribution in [0.5, 0.6) is 5.75 Å². The summed E-state index contributed by atoms with van der Waals surface area (Å²) in [6.07, 6.45) is 1.32. The standard InChI is InChI=1S/C22H29N5O5/c1-30-13-6-7-14-12(8-13)4-3-5-15(14)22(23)19-20(24-10-26-22)27(11-25-19)21-18(31-2)17(29)16(9-28)32-21/h6-8,10,15-18,21,28-29H,3-5,9,11,23H2,1-2H3/t15?,16-,17-,18-,21-,22?/m1/s1. The SMILES string of the molecule is COc1ccc2c(c1)CCCC2C1(N)N=CN=C2C1=NCN2[C@@H]1O[C@H](CO)[C@@H](O)[C@H]1OC. The Bertz CT molecular complexity index is 981. The molecule has 32 heavy (non-hydrogen) atoms. The maximum absolute atomic E-state index is 10.5. The average molecular weight is 444 g/mol. The van der Waals surface area contributed by atoms with Crippen LogP contribution in [0.3, 0.4) is 0 Å². The molecule has 6 atom stereocenters. The lowest BCUT2D eigenvalue weighted by Crippen LogP contribution is -2.58. The normalized spacial score (nSPS) is 35.9. The zero-order valence-electron chi connectivity index (χ0n) is 18.2. The van der Waals surface area contributed by atoms with E-state index in [0.717, 1.165) is 30.6 Å². The van der Waals surface area contributed by atoms with Crippen molar-refractivity contribution in [3.63, 3.8) is 0 Å². The quantitative estimate of drug-likeness (QED) is 0.584. The monoisotopic (exact) mass is 443 g/mol. The van der Waals surface area contributed by atoms with Crippen LogP contribution in [0.15, 0.2) is 33.2 Å². The van der Waals surface area contributed by atoms with Gasteiger partial charge in [-0.15, -0.1) is 0 Å². The molecule has 0 aromatic heterocycles. The molecule has 1 aromatic carbocycles. The largest absolute Gasteiger partial charge is 0.497 e. The first-order valence-electron chi connectivity index (χ1n) is 10.9. The van der Waals surface area contributed by atoms with Crippen LogP contribution >= 0.6 is 0 Å². The highest BCUT2D eigenvalue weighted by Crippen LogP contribution is 2.43. The second-order valence-corrected chi connectivity index (χ2v) is 8.59. The molecule has 5 rings (SSSR count). The summed E-state index contributed by atoms with van der Waals surface area (Å²) in [5.74, 6) is 1.34. The van der Waals surface area contributed by atoms with Gasteiger partial charge in [-0.2, -0.15) is 0 Å². The summed E-state index contributed by atoms with van der Waals surface area (Å²) in [5, 5.41) is 20.0. The number of nitrogens with two attached hydrogens (primary N) is 1. The lowest BCUT2D eigenvalue weighted by molar-refractivity contribution is -0.0765. The summed E-state index contributed by atoms with van der Waals surface area (Å²) in [7, 11) is 3.17. The van der Waals surface area contributed by atoms with E-state index in [9.17, 15) is 10.2 Å². The van der Waals surface area contributed by atoms with E-state index in [-0.39, 0.29) is 19.2 Å². The Kier molecular flexibility index (Phi) is 5.50. The summed E-state index contributed by atoms with van der Waals surface area (Å²) >= 11 is 0. The van der Waals surface area contributed by atoms with Crippen molar-refractivity contribution in [2.75, 3.05) is 27.5 Å². The molecule has 4 N–H and O–H groups in total. The Morgan fingerprint density at radius 1 is 1.34 bits per heavy atom. The predicted octanol–water partition coefficient (Wildman–Crippen LogP) is 0.0177. The van der Waals surface area contributed by atoms with Crippen LogP contribution in [0.1, 0.15) is 29.9 Å². The second kappa shape index (κ2) is 8.20. The van der Waals surface area contributed by atoms with Crippen molar-refractivity contribution in [1.29, 1.82) is 0 Å². The van der Waals surface area contributed by atoms with Gasteiger partial charge in [-0.3, -0.25) is 4.99 Å². The van der Waals surface area contributed by atoms with Crippen LogP contribution in [0.25, 0.3) is 0 Å². The van der Waals surface area contributed by atoms with E-state index in [4.69, 9.17) is 24.9 Å². The van der Waals surface area contributed by atoms with Crippen LogP contribution in [0, 0.1) is 0 Å². The zero-order valence-corrected chi connectivity index (χ0v) is 18.2. The number of amidine groups is 1. The number of nitrogens with zero attached hydrogens (tertiary/aromatic N) is 4. The molecule has 3 aliphatic heterocycles.